The van der Waals surface area contributed by atoms with E-state index in [0.717, 1.165) is 25.4 Å². The molecule has 0 aromatic carbocycles. The fourth-order valence-corrected chi connectivity index (χ4v) is 3.08. The first kappa shape index (κ1) is 14.6. The summed E-state index contributed by atoms with van der Waals surface area (Å²) in [5.74, 6) is 1.49. The molecular formula is C16H29N3. The molecule has 1 aliphatic carbocycles. The molecular weight excluding hydrogens is 234 g/mol. The topological polar surface area (TPSA) is 29.9 Å². The fraction of sp³-hybridized carbons (Fsp3) is 0.812. The van der Waals surface area contributed by atoms with E-state index in [1.54, 1.807) is 0 Å². The van der Waals surface area contributed by atoms with Crippen LogP contribution in [0, 0.1) is 5.92 Å². The molecule has 19 heavy (non-hydrogen) atoms. The molecule has 1 N–H and O–H groups in total. The van der Waals surface area contributed by atoms with Crippen molar-refractivity contribution in [3.05, 3.63) is 18.0 Å². The van der Waals surface area contributed by atoms with E-state index in [2.05, 4.69) is 55.2 Å². The molecule has 0 saturated heterocycles. The van der Waals surface area contributed by atoms with E-state index in [0.29, 0.717) is 5.92 Å². The SMILES string of the molecule is CCCn1cc(C2CCCC2CNC(C)(C)C)cn1. The molecule has 3 nitrogen and oxygen atoms in total. The number of nitrogens with one attached hydrogen (secondary N) is 1. The first-order valence-electron chi connectivity index (χ1n) is 7.77. The summed E-state index contributed by atoms with van der Waals surface area (Å²) in [7, 11) is 0. The van der Waals surface area contributed by atoms with Gasteiger partial charge in [-0.2, -0.15) is 5.10 Å². The Balaban J connectivity index is 1.97. The molecule has 2 unspecified atom stereocenters. The van der Waals surface area contributed by atoms with Crippen molar-refractivity contribution in [2.24, 2.45) is 5.92 Å². The van der Waals surface area contributed by atoms with Gasteiger partial charge in [-0.25, -0.2) is 0 Å². The van der Waals surface area contributed by atoms with Gasteiger partial charge in [-0.05, 0) is 64.0 Å². The van der Waals surface area contributed by atoms with E-state index in [1.165, 1.54) is 24.8 Å². The molecule has 1 fully saturated rings. The summed E-state index contributed by atoms with van der Waals surface area (Å²) >= 11 is 0. The van der Waals surface area contributed by atoms with Crippen LogP contribution >= 0.6 is 0 Å². The van der Waals surface area contributed by atoms with Crippen molar-refractivity contribution in [3.8, 4) is 0 Å². The quantitative estimate of drug-likeness (QED) is 0.880. The van der Waals surface area contributed by atoms with Crippen molar-refractivity contribution in [2.45, 2.75) is 71.4 Å². The van der Waals surface area contributed by atoms with Gasteiger partial charge in [0.25, 0.3) is 0 Å². The Morgan fingerprint density at radius 1 is 1.37 bits per heavy atom. The van der Waals surface area contributed by atoms with Gasteiger partial charge >= 0.3 is 0 Å². The minimum absolute atomic E-state index is 0.222. The van der Waals surface area contributed by atoms with Gasteiger partial charge in [-0.15, -0.1) is 0 Å². The summed E-state index contributed by atoms with van der Waals surface area (Å²) in [6, 6.07) is 0. The van der Waals surface area contributed by atoms with Crippen LogP contribution in [0.4, 0.5) is 0 Å². The minimum Gasteiger partial charge on any atom is -0.312 e. The highest BCUT2D eigenvalue weighted by Gasteiger charge is 2.30. The van der Waals surface area contributed by atoms with Crippen LogP contribution < -0.4 is 5.32 Å². The molecule has 1 aromatic heterocycles. The second-order valence-electron chi connectivity index (χ2n) is 6.97. The van der Waals surface area contributed by atoms with Gasteiger partial charge < -0.3 is 5.32 Å². The first-order chi connectivity index (χ1) is 8.99. The molecule has 2 atom stereocenters. The molecule has 1 saturated carbocycles. The lowest BCUT2D eigenvalue weighted by atomic mass is 9.90. The molecule has 0 aliphatic heterocycles. The van der Waals surface area contributed by atoms with Crippen molar-refractivity contribution in [1.82, 2.24) is 15.1 Å². The Kier molecular flexibility index (Phi) is 4.67. The average molecular weight is 263 g/mol. The third kappa shape index (κ3) is 4.07. The van der Waals surface area contributed by atoms with Crippen LogP contribution in [0.5, 0.6) is 0 Å². The van der Waals surface area contributed by atoms with Crippen LogP contribution in [0.3, 0.4) is 0 Å². The van der Waals surface area contributed by atoms with E-state index >= 15 is 0 Å². The van der Waals surface area contributed by atoms with Gasteiger partial charge in [0.15, 0.2) is 0 Å². The maximum absolute atomic E-state index is 4.49. The molecule has 1 aromatic rings. The Labute approximate surface area is 117 Å². The Morgan fingerprint density at radius 2 is 2.16 bits per heavy atom. The van der Waals surface area contributed by atoms with Crippen molar-refractivity contribution in [3.63, 3.8) is 0 Å². The lowest BCUT2D eigenvalue weighted by molar-refractivity contribution is 0.356. The van der Waals surface area contributed by atoms with Crippen molar-refractivity contribution < 1.29 is 0 Å². The Morgan fingerprint density at radius 3 is 2.84 bits per heavy atom. The Bertz CT molecular complexity index is 389. The normalized spacial score (nSPS) is 24.0. The molecule has 108 valence electrons. The monoisotopic (exact) mass is 263 g/mol. The molecule has 0 amide bonds. The van der Waals surface area contributed by atoms with Crippen LogP contribution in [0.15, 0.2) is 12.4 Å². The predicted octanol–water partition coefficient (Wildman–Crippen LogP) is 3.56. The molecule has 3 heteroatoms. The van der Waals surface area contributed by atoms with Gasteiger partial charge in [0, 0.05) is 18.3 Å². The molecule has 2 rings (SSSR count). The van der Waals surface area contributed by atoms with Gasteiger partial charge in [0.1, 0.15) is 0 Å². The second-order valence-corrected chi connectivity index (χ2v) is 6.97. The standard InChI is InChI=1S/C16H29N3/c1-5-9-19-12-14(11-18-19)15-8-6-7-13(15)10-17-16(2,3)4/h11-13,15,17H,5-10H2,1-4H3. The highest BCUT2D eigenvalue weighted by atomic mass is 15.3. The molecule has 0 radical (unpaired) electrons. The first-order valence-corrected chi connectivity index (χ1v) is 7.77. The van der Waals surface area contributed by atoms with Gasteiger partial charge in [0.2, 0.25) is 0 Å². The fourth-order valence-electron chi connectivity index (χ4n) is 3.08. The minimum atomic E-state index is 0.222. The highest BCUT2D eigenvalue weighted by molar-refractivity contribution is 5.15. The van der Waals surface area contributed by atoms with Gasteiger partial charge in [-0.3, -0.25) is 4.68 Å². The lowest BCUT2D eigenvalue weighted by Crippen LogP contribution is -2.39. The third-order valence-corrected chi connectivity index (χ3v) is 4.09. The predicted molar refractivity (Wildman–Crippen MR) is 80.4 cm³/mol. The number of hydrogen-bond acceptors (Lipinski definition) is 2. The smallest absolute Gasteiger partial charge is 0.0524 e. The van der Waals surface area contributed by atoms with E-state index in [-0.39, 0.29) is 5.54 Å². The number of nitrogens with zero attached hydrogens (tertiary/aromatic N) is 2. The molecule has 0 bridgehead atoms. The van der Waals surface area contributed by atoms with Crippen LogP contribution in [0.2, 0.25) is 0 Å². The van der Waals surface area contributed by atoms with Crippen molar-refractivity contribution in [2.75, 3.05) is 6.54 Å². The van der Waals surface area contributed by atoms with Crippen molar-refractivity contribution in [1.29, 1.82) is 0 Å². The second kappa shape index (κ2) is 6.08. The van der Waals surface area contributed by atoms with Crippen LogP contribution in [0.25, 0.3) is 0 Å². The molecule has 1 aliphatic rings. The largest absolute Gasteiger partial charge is 0.312 e. The summed E-state index contributed by atoms with van der Waals surface area (Å²) in [5.41, 5.74) is 1.67. The van der Waals surface area contributed by atoms with Crippen molar-refractivity contribution >= 4 is 0 Å². The maximum atomic E-state index is 4.49. The van der Waals surface area contributed by atoms with Gasteiger partial charge in [0.05, 0.1) is 6.20 Å². The summed E-state index contributed by atoms with van der Waals surface area (Å²) in [6.45, 7) is 11.1. The molecule has 1 heterocycles. The lowest BCUT2D eigenvalue weighted by Gasteiger charge is -2.26. The van der Waals surface area contributed by atoms with E-state index in [4.69, 9.17) is 0 Å². The van der Waals surface area contributed by atoms with Crippen LogP contribution in [0.1, 0.15) is 64.9 Å². The van der Waals surface area contributed by atoms with Gasteiger partial charge in [-0.1, -0.05) is 13.3 Å². The summed E-state index contributed by atoms with van der Waals surface area (Å²) < 4.78 is 2.10. The summed E-state index contributed by atoms with van der Waals surface area (Å²) in [6.07, 6.45) is 9.56. The summed E-state index contributed by atoms with van der Waals surface area (Å²) in [4.78, 5) is 0. The van der Waals surface area contributed by atoms with Crippen LogP contribution in [-0.2, 0) is 6.54 Å². The third-order valence-electron chi connectivity index (χ3n) is 4.09. The highest BCUT2D eigenvalue weighted by Crippen LogP contribution is 2.39. The summed E-state index contributed by atoms with van der Waals surface area (Å²) in [5, 5.41) is 8.16. The average Bonchev–Trinajstić information content (AvgIpc) is 2.93. The van der Waals surface area contributed by atoms with E-state index in [9.17, 15) is 0 Å². The Hall–Kier alpha value is -0.830. The number of aryl methyl sites for hydroxylation is 1. The zero-order chi connectivity index (χ0) is 13.9. The zero-order valence-electron chi connectivity index (χ0n) is 12.9. The zero-order valence-corrected chi connectivity index (χ0v) is 12.9. The van der Waals surface area contributed by atoms with Crippen LogP contribution in [-0.4, -0.2) is 21.9 Å². The number of hydrogen-bond donors (Lipinski definition) is 1. The maximum Gasteiger partial charge on any atom is 0.0524 e. The number of aromatic nitrogens is 2. The number of rotatable bonds is 5. The van der Waals surface area contributed by atoms with E-state index < -0.39 is 0 Å². The van der Waals surface area contributed by atoms with E-state index in [1.807, 2.05) is 0 Å². The molecule has 0 spiro atoms.